The van der Waals surface area contributed by atoms with Crippen LogP contribution in [0.4, 0.5) is 0 Å². The molecule has 4 nitrogen and oxygen atoms in total. The third-order valence-corrected chi connectivity index (χ3v) is 2.76. The molecule has 0 bridgehead atoms. The van der Waals surface area contributed by atoms with E-state index in [2.05, 4.69) is 24.3 Å². The van der Waals surface area contributed by atoms with Gasteiger partial charge in [-0.3, -0.25) is 14.7 Å². The lowest BCUT2D eigenvalue weighted by molar-refractivity contribution is 0.613. The van der Waals surface area contributed by atoms with Crippen LogP contribution in [0.2, 0.25) is 0 Å². The Morgan fingerprint density at radius 1 is 1.40 bits per heavy atom. The first-order chi connectivity index (χ1) is 6.97. The molecule has 0 aliphatic carbocycles. The van der Waals surface area contributed by atoms with Crippen LogP contribution in [0.25, 0.3) is 0 Å². The lowest BCUT2D eigenvalue weighted by atomic mass is 10.2. The molecule has 0 spiro atoms. The van der Waals surface area contributed by atoms with Crippen molar-refractivity contribution in [2.45, 2.75) is 20.4 Å². The van der Waals surface area contributed by atoms with Gasteiger partial charge in [-0.1, -0.05) is 6.58 Å². The van der Waals surface area contributed by atoms with Gasteiger partial charge in [0.05, 0.1) is 6.54 Å². The summed E-state index contributed by atoms with van der Waals surface area (Å²) in [6.45, 7) is 7.32. The summed E-state index contributed by atoms with van der Waals surface area (Å²) in [5.74, 6) is 0.487. The highest BCUT2D eigenvalue weighted by Crippen LogP contribution is 1.97. The van der Waals surface area contributed by atoms with Gasteiger partial charge >= 0.3 is 0 Å². The average molecular weight is 226 g/mol. The summed E-state index contributed by atoms with van der Waals surface area (Å²) in [4.78, 5) is 23.1. The van der Waals surface area contributed by atoms with Gasteiger partial charge in [-0.2, -0.15) is 12.6 Å². The van der Waals surface area contributed by atoms with Gasteiger partial charge in [-0.25, -0.2) is 4.68 Å². The predicted molar refractivity (Wildman–Crippen MR) is 63.8 cm³/mol. The number of hydrogen-bond acceptors (Lipinski definition) is 3. The summed E-state index contributed by atoms with van der Waals surface area (Å²) >= 11 is 4.05. The number of hydrogen-bond donors (Lipinski definition) is 2. The fraction of sp³-hybridized carbons (Fsp3) is 0.400. The third kappa shape index (κ3) is 2.41. The first-order valence-electron chi connectivity index (χ1n) is 4.55. The van der Waals surface area contributed by atoms with Crippen molar-refractivity contribution >= 4 is 12.6 Å². The van der Waals surface area contributed by atoms with E-state index in [1.54, 1.807) is 13.8 Å². The van der Waals surface area contributed by atoms with Crippen molar-refractivity contribution in [1.82, 2.24) is 9.78 Å². The maximum absolute atomic E-state index is 11.7. The van der Waals surface area contributed by atoms with Gasteiger partial charge in [0.25, 0.3) is 11.1 Å². The molecular formula is C10H14N2O2S. The average Bonchev–Trinajstić information content (AvgIpc) is 2.22. The van der Waals surface area contributed by atoms with Crippen LogP contribution in [0.15, 0.2) is 21.7 Å². The molecule has 5 heteroatoms. The normalized spacial score (nSPS) is 10.3. The molecule has 1 N–H and O–H groups in total. The maximum Gasteiger partial charge on any atom is 0.268 e. The Kier molecular flexibility index (Phi) is 3.57. The summed E-state index contributed by atoms with van der Waals surface area (Å²) < 4.78 is 1.27. The number of H-pyrrole nitrogens is 1. The maximum atomic E-state index is 11.7. The zero-order valence-corrected chi connectivity index (χ0v) is 9.73. The molecule has 15 heavy (non-hydrogen) atoms. The molecule has 1 aromatic heterocycles. The summed E-state index contributed by atoms with van der Waals surface area (Å²) in [6, 6.07) is 0. The second-order valence-electron chi connectivity index (χ2n) is 3.49. The molecule has 0 radical (unpaired) electrons. The summed E-state index contributed by atoms with van der Waals surface area (Å²) in [5, 5.41) is 2.50. The van der Waals surface area contributed by atoms with Crippen molar-refractivity contribution in [3.63, 3.8) is 0 Å². The van der Waals surface area contributed by atoms with Gasteiger partial charge < -0.3 is 0 Å². The Balaban J connectivity index is 3.27. The molecule has 0 atom stereocenters. The van der Waals surface area contributed by atoms with Crippen molar-refractivity contribution in [3.05, 3.63) is 44.0 Å². The molecule has 0 aromatic carbocycles. The molecule has 0 aliphatic heterocycles. The van der Waals surface area contributed by atoms with E-state index in [0.29, 0.717) is 23.4 Å². The van der Waals surface area contributed by atoms with Gasteiger partial charge in [0.15, 0.2) is 0 Å². The van der Waals surface area contributed by atoms with Crippen molar-refractivity contribution < 1.29 is 0 Å². The van der Waals surface area contributed by atoms with E-state index in [4.69, 9.17) is 0 Å². The topological polar surface area (TPSA) is 54.9 Å². The first kappa shape index (κ1) is 11.8. The highest BCUT2D eigenvalue weighted by atomic mass is 32.1. The largest absolute Gasteiger partial charge is 0.268 e. The first-order valence-corrected chi connectivity index (χ1v) is 5.18. The van der Waals surface area contributed by atoms with E-state index in [0.717, 1.165) is 5.57 Å². The lowest BCUT2D eigenvalue weighted by Gasteiger charge is -2.08. The van der Waals surface area contributed by atoms with Crippen LogP contribution < -0.4 is 11.1 Å². The number of aromatic amines is 1. The summed E-state index contributed by atoms with van der Waals surface area (Å²) in [5.41, 5.74) is 1.30. The zero-order valence-electron chi connectivity index (χ0n) is 8.83. The van der Waals surface area contributed by atoms with Crippen molar-refractivity contribution in [2.24, 2.45) is 0 Å². The van der Waals surface area contributed by atoms with Gasteiger partial charge in [0, 0.05) is 16.9 Å². The second kappa shape index (κ2) is 4.53. The molecule has 0 unspecified atom stereocenters. The number of rotatable bonds is 3. The van der Waals surface area contributed by atoms with E-state index in [9.17, 15) is 9.59 Å². The molecule has 0 aliphatic rings. The van der Waals surface area contributed by atoms with Gasteiger partial charge in [-0.05, 0) is 19.4 Å². The highest BCUT2D eigenvalue weighted by Gasteiger charge is 2.07. The molecule has 0 saturated carbocycles. The Hall–Kier alpha value is -1.23. The molecular weight excluding hydrogens is 212 g/mol. The Bertz CT molecular complexity index is 499. The molecule has 0 amide bonds. The smallest absolute Gasteiger partial charge is 0.268 e. The third-order valence-electron chi connectivity index (χ3n) is 2.31. The quantitative estimate of drug-likeness (QED) is 0.587. The van der Waals surface area contributed by atoms with Gasteiger partial charge in [0.1, 0.15) is 0 Å². The van der Waals surface area contributed by atoms with Crippen LogP contribution in [0.5, 0.6) is 0 Å². The molecule has 0 saturated heterocycles. The fourth-order valence-corrected chi connectivity index (χ4v) is 1.28. The SMILES string of the molecule is C=C(CS)Cn1[nH]c(=O)c(C)c(C)c1=O. The lowest BCUT2D eigenvalue weighted by Crippen LogP contribution is -2.33. The monoisotopic (exact) mass is 226 g/mol. The van der Waals surface area contributed by atoms with Crippen LogP contribution in [0, 0.1) is 13.8 Å². The minimum Gasteiger partial charge on any atom is -0.268 e. The number of nitrogens with one attached hydrogen (secondary N) is 1. The molecule has 82 valence electrons. The van der Waals surface area contributed by atoms with Crippen LogP contribution in [0.3, 0.4) is 0 Å². The van der Waals surface area contributed by atoms with Crippen LogP contribution in [-0.4, -0.2) is 15.5 Å². The van der Waals surface area contributed by atoms with E-state index < -0.39 is 0 Å². The minimum absolute atomic E-state index is 0.185. The van der Waals surface area contributed by atoms with Gasteiger partial charge in [-0.15, -0.1) is 0 Å². The zero-order chi connectivity index (χ0) is 11.6. The van der Waals surface area contributed by atoms with Crippen LogP contribution in [-0.2, 0) is 6.54 Å². The van der Waals surface area contributed by atoms with Crippen molar-refractivity contribution in [1.29, 1.82) is 0 Å². The minimum atomic E-state index is -0.237. The Labute approximate surface area is 93.0 Å². The van der Waals surface area contributed by atoms with Crippen molar-refractivity contribution in [3.8, 4) is 0 Å². The fourth-order valence-electron chi connectivity index (χ4n) is 1.18. The molecule has 1 aromatic rings. The second-order valence-corrected chi connectivity index (χ2v) is 3.81. The van der Waals surface area contributed by atoms with E-state index in [1.807, 2.05) is 0 Å². The molecule has 1 heterocycles. The van der Waals surface area contributed by atoms with Gasteiger partial charge in [0.2, 0.25) is 0 Å². The van der Waals surface area contributed by atoms with E-state index in [1.165, 1.54) is 4.68 Å². The predicted octanol–water partition coefficient (Wildman–Crippen LogP) is 0.639. The van der Waals surface area contributed by atoms with Crippen LogP contribution in [0.1, 0.15) is 11.1 Å². The highest BCUT2D eigenvalue weighted by molar-refractivity contribution is 7.80. The van der Waals surface area contributed by atoms with Crippen molar-refractivity contribution in [2.75, 3.05) is 5.75 Å². The molecule has 0 fully saturated rings. The summed E-state index contributed by atoms with van der Waals surface area (Å²) in [6.07, 6.45) is 0. The Morgan fingerprint density at radius 2 is 2.00 bits per heavy atom. The molecule has 1 rings (SSSR count). The van der Waals surface area contributed by atoms with E-state index >= 15 is 0 Å². The standard InChI is InChI=1S/C10H14N2O2S/c1-6(5-15)4-12-10(14)8(3)7(2)9(13)11-12/h15H,1,4-5H2,2-3H3,(H,11,13). The number of aromatic nitrogens is 2. The number of thiol groups is 1. The Morgan fingerprint density at radius 3 is 2.53 bits per heavy atom. The van der Waals surface area contributed by atoms with E-state index in [-0.39, 0.29) is 11.1 Å². The summed E-state index contributed by atoms with van der Waals surface area (Å²) in [7, 11) is 0. The number of nitrogens with zero attached hydrogens (tertiary/aromatic N) is 1. The van der Waals surface area contributed by atoms with Crippen LogP contribution >= 0.6 is 12.6 Å².